The minimum Gasteiger partial charge on any atom is -0.338 e. The van der Waals surface area contributed by atoms with E-state index >= 15 is 0 Å². The fourth-order valence-corrected chi connectivity index (χ4v) is 3.70. The number of rotatable bonds is 6. The lowest BCUT2D eigenvalue weighted by Gasteiger charge is -2.33. The van der Waals surface area contributed by atoms with E-state index < -0.39 is 0 Å². The van der Waals surface area contributed by atoms with Crippen LogP contribution in [-0.2, 0) is 18.3 Å². The van der Waals surface area contributed by atoms with Gasteiger partial charge in [0.2, 0.25) is 5.91 Å². The summed E-state index contributed by atoms with van der Waals surface area (Å²) in [6, 6.07) is 9.95. The highest BCUT2D eigenvalue weighted by molar-refractivity contribution is 5.94. The third-order valence-corrected chi connectivity index (χ3v) is 5.04. The lowest BCUT2D eigenvalue weighted by Crippen LogP contribution is -2.44. The number of piperidine rings is 1. The molecule has 1 aliphatic rings. The van der Waals surface area contributed by atoms with Crippen LogP contribution in [0.4, 0.5) is 5.69 Å². The van der Waals surface area contributed by atoms with Gasteiger partial charge in [0.1, 0.15) is 5.82 Å². The first-order chi connectivity index (χ1) is 12.2. The lowest BCUT2D eigenvalue weighted by atomic mass is 9.94. The molecule has 0 unspecified atom stereocenters. The zero-order valence-corrected chi connectivity index (χ0v) is 15.3. The Labute approximate surface area is 150 Å². The number of aryl methyl sites for hydroxylation is 1. The van der Waals surface area contributed by atoms with Crippen molar-refractivity contribution in [2.75, 3.05) is 31.1 Å². The standard InChI is InChI=1S/C20H28N4O/c1-3-24(18-9-5-4-6-10-18)20(25)16-23-12-7-8-17(15-23)14-19-21-11-13-22(19)2/h4-6,9-11,13,17H,3,7-8,12,14-16H2,1-2H3/t17-/m1/s1. The van der Waals surface area contributed by atoms with Crippen LogP contribution in [0.2, 0.25) is 0 Å². The van der Waals surface area contributed by atoms with Crippen molar-refractivity contribution >= 4 is 11.6 Å². The molecule has 5 nitrogen and oxygen atoms in total. The quantitative estimate of drug-likeness (QED) is 0.812. The zero-order chi connectivity index (χ0) is 17.6. The molecule has 0 aliphatic carbocycles. The molecular formula is C20H28N4O. The fourth-order valence-electron chi connectivity index (χ4n) is 3.70. The van der Waals surface area contributed by atoms with Crippen molar-refractivity contribution in [3.63, 3.8) is 0 Å². The molecule has 134 valence electrons. The topological polar surface area (TPSA) is 41.4 Å². The highest BCUT2D eigenvalue weighted by Gasteiger charge is 2.24. The van der Waals surface area contributed by atoms with E-state index in [4.69, 9.17) is 0 Å². The van der Waals surface area contributed by atoms with Crippen molar-refractivity contribution in [1.29, 1.82) is 0 Å². The molecule has 3 rings (SSSR count). The number of carbonyl (C=O) groups excluding carboxylic acids is 1. The smallest absolute Gasteiger partial charge is 0.241 e. The Morgan fingerprint density at radius 1 is 1.32 bits per heavy atom. The Balaban J connectivity index is 1.58. The molecule has 1 fully saturated rings. The molecule has 0 saturated carbocycles. The van der Waals surface area contributed by atoms with E-state index in [1.54, 1.807) is 0 Å². The van der Waals surface area contributed by atoms with Crippen LogP contribution >= 0.6 is 0 Å². The van der Waals surface area contributed by atoms with Crippen LogP contribution in [0.15, 0.2) is 42.7 Å². The number of para-hydroxylation sites is 1. The molecular weight excluding hydrogens is 312 g/mol. The summed E-state index contributed by atoms with van der Waals surface area (Å²) in [5, 5.41) is 0. The van der Waals surface area contributed by atoms with Gasteiger partial charge in [0.25, 0.3) is 0 Å². The normalized spacial score (nSPS) is 18.2. The summed E-state index contributed by atoms with van der Waals surface area (Å²) >= 11 is 0. The van der Waals surface area contributed by atoms with Crippen molar-refractivity contribution in [3.05, 3.63) is 48.5 Å². The number of imidazole rings is 1. The van der Waals surface area contributed by atoms with E-state index in [0.717, 1.165) is 37.4 Å². The number of carbonyl (C=O) groups is 1. The van der Waals surface area contributed by atoms with Crippen molar-refractivity contribution in [3.8, 4) is 0 Å². The van der Waals surface area contributed by atoms with Gasteiger partial charge in [-0.25, -0.2) is 4.98 Å². The number of anilines is 1. The first kappa shape index (κ1) is 17.7. The maximum Gasteiger partial charge on any atom is 0.241 e. The van der Waals surface area contributed by atoms with E-state index in [1.165, 1.54) is 6.42 Å². The minimum atomic E-state index is 0.186. The average molecular weight is 340 g/mol. The minimum absolute atomic E-state index is 0.186. The number of amides is 1. The second kappa shape index (κ2) is 8.30. The molecule has 0 radical (unpaired) electrons. The van der Waals surface area contributed by atoms with Gasteiger partial charge in [0, 0.05) is 44.6 Å². The molecule has 5 heteroatoms. The van der Waals surface area contributed by atoms with Gasteiger partial charge >= 0.3 is 0 Å². The Morgan fingerprint density at radius 3 is 2.80 bits per heavy atom. The monoisotopic (exact) mass is 340 g/mol. The number of aromatic nitrogens is 2. The number of nitrogens with zero attached hydrogens (tertiary/aromatic N) is 4. The summed E-state index contributed by atoms with van der Waals surface area (Å²) in [5.41, 5.74) is 0.983. The SMILES string of the molecule is CCN(C(=O)CN1CCC[C@H](Cc2nccn2C)C1)c1ccccc1. The number of hydrogen-bond donors (Lipinski definition) is 0. The number of hydrogen-bond acceptors (Lipinski definition) is 3. The summed E-state index contributed by atoms with van der Waals surface area (Å²) in [5.74, 6) is 1.90. The summed E-state index contributed by atoms with van der Waals surface area (Å²) < 4.78 is 2.10. The van der Waals surface area contributed by atoms with Crippen LogP contribution in [0.5, 0.6) is 0 Å². The van der Waals surface area contributed by atoms with Gasteiger partial charge in [-0.3, -0.25) is 9.69 Å². The van der Waals surface area contributed by atoms with Crippen molar-refractivity contribution in [2.24, 2.45) is 13.0 Å². The van der Waals surface area contributed by atoms with Gasteiger partial charge in [-0.1, -0.05) is 18.2 Å². The molecule has 1 aromatic carbocycles. The van der Waals surface area contributed by atoms with Crippen molar-refractivity contribution in [2.45, 2.75) is 26.2 Å². The van der Waals surface area contributed by atoms with E-state index in [-0.39, 0.29) is 5.91 Å². The first-order valence-electron chi connectivity index (χ1n) is 9.21. The second-order valence-corrected chi connectivity index (χ2v) is 6.88. The lowest BCUT2D eigenvalue weighted by molar-refractivity contribution is -0.120. The summed E-state index contributed by atoms with van der Waals surface area (Å²) in [6.45, 7) is 5.22. The second-order valence-electron chi connectivity index (χ2n) is 6.88. The molecule has 1 saturated heterocycles. The average Bonchev–Trinajstić information content (AvgIpc) is 3.02. The highest BCUT2D eigenvalue weighted by Crippen LogP contribution is 2.21. The number of likely N-dealkylation sites (N-methyl/N-ethyl adjacent to an activating group) is 1. The van der Waals surface area contributed by atoms with E-state index in [0.29, 0.717) is 19.0 Å². The predicted octanol–water partition coefficient (Wildman–Crippen LogP) is 2.73. The Kier molecular flexibility index (Phi) is 5.87. The van der Waals surface area contributed by atoms with Gasteiger partial charge in [0.15, 0.2) is 0 Å². The summed E-state index contributed by atoms with van der Waals surface area (Å²) in [4.78, 5) is 21.4. The van der Waals surface area contributed by atoms with Crippen LogP contribution in [-0.4, -0.2) is 46.5 Å². The largest absolute Gasteiger partial charge is 0.338 e. The Morgan fingerprint density at radius 2 is 2.12 bits per heavy atom. The maximum atomic E-state index is 12.8. The van der Waals surface area contributed by atoms with Gasteiger partial charge in [-0.2, -0.15) is 0 Å². The Hall–Kier alpha value is -2.14. The van der Waals surface area contributed by atoms with Crippen LogP contribution < -0.4 is 4.90 Å². The molecule has 2 heterocycles. The summed E-state index contributed by atoms with van der Waals surface area (Å²) in [7, 11) is 2.05. The fraction of sp³-hybridized carbons (Fsp3) is 0.500. The van der Waals surface area contributed by atoms with Gasteiger partial charge < -0.3 is 9.47 Å². The van der Waals surface area contributed by atoms with Gasteiger partial charge in [-0.15, -0.1) is 0 Å². The van der Waals surface area contributed by atoms with Gasteiger partial charge in [-0.05, 0) is 44.4 Å². The van der Waals surface area contributed by atoms with Gasteiger partial charge in [0.05, 0.1) is 6.54 Å². The van der Waals surface area contributed by atoms with Crippen LogP contribution in [0.1, 0.15) is 25.6 Å². The molecule has 1 aliphatic heterocycles. The van der Waals surface area contributed by atoms with Crippen LogP contribution in [0.3, 0.4) is 0 Å². The third-order valence-electron chi connectivity index (χ3n) is 5.04. The molecule has 0 bridgehead atoms. The van der Waals surface area contributed by atoms with E-state index in [9.17, 15) is 4.79 Å². The van der Waals surface area contributed by atoms with Crippen molar-refractivity contribution in [1.82, 2.24) is 14.5 Å². The Bertz CT molecular complexity index is 682. The molecule has 25 heavy (non-hydrogen) atoms. The number of likely N-dealkylation sites (tertiary alicyclic amines) is 1. The maximum absolute atomic E-state index is 12.8. The van der Waals surface area contributed by atoms with E-state index in [2.05, 4.69) is 14.5 Å². The molecule has 2 aromatic rings. The number of benzene rings is 1. The summed E-state index contributed by atoms with van der Waals surface area (Å²) in [6.07, 6.45) is 7.22. The van der Waals surface area contributed by atoms with E-state index in [1.807, 2.05) is 61.6 Å². The molecule has 1 aromatic heterocycles. The predicted molar refractivity (Wildman–Crippen MR) is 101 cm³/mol. The highest BCUT2D eigenvalue weighted by atomic mass is 16.2. The molecule has 0 spiro atoms. The van der Waals surface area contributed by atoms with Crippen molar-refractivity contribution < 1.29 is 4.79 Å². The molecule has 0 N–H and O–H groups in total. The molecule has 1 amide bonds. The third kappa shape index (κ3) is 4.48. The zero-order valence-electron chi connectivity index (χ0n) is 15.3. The first-order valence-corrected chi connectivity index (χ1v) is 9.21. The van der Waals surface area contributed by atoms with Crippen LogP contribution in [0.25, 0.3) is 0 Å². The molecule has 1 atom stereocenters. The van der Waals surface area contributed by atoms with Crippen LogP contribution in [0, 0.1) is 5.92 Å².